The molecule has 0 aliphatic heterocycles. The van der Waals surface area contributed by atoms with E-state index in [4.69, 9.17) is 0 Å². The largest absolute Gasteiger partial charge is 0.390 e. The molecule has 2 unspecified atom stereocenters. The first-order chi connectivity index (χ1) is 7.12. The van der Waals surface area contributed by atoms with Gasteiger partial charge in [0.2, 0.25) is 0 Å². The van der Waals surface area contributed by atoms with Crippen LogP contribution in [0.5, 0.6) is 0 Å². The lowest BCUT2D eigenvalue weighted by Gasteiger charge is -2.41. The Hall–Kier alpha value is -0.0400. The molecule has 0 spiro atoms. The van der Waals surface area contributed by atoms with Crippen molar-refractivity contribution in [2.24, 2.45) is 17.8 Å². The predicted molar refractivity (Wildman–Crippen MR) is 63.7 cm³/mol. The number of hydrogen-bond donors (Lipinski definition) is 1. The summed E-state index contributed by atoms with van der Waals surface area (Å²) < 4.78 is 0. The zero-order chi connectivity index (χ0) is 10.9. The molecule has 0 heterocycles. The maximum Gasteiger partial charge on any atom is 0.0675 e. The molecular formula is C14H26O. The fraction of sp³-hybridized carbons (Fsp3) is 1.00. The minimum atomic E-state index is -0.276. The third-order valence-electron chi connectivity index (χ3n) is 4.94. The number of rotatable bonds is 2. The minimum absolute atomic E-state index is 0.276. The van der Waals surface area contributed by atoms with Crippen LogP contribution in [0.1, 0.15) is 65.2 Å². The molecule has 2 fully saturated rings. The first-order valence-corrected chi connectivity index (χ1v) is 6.84. The molecule has 0 radical (unpaired) electrons. The first kappa shape index (κ1) is 11.4. The molecule has 15 heavy (non-hydrogen) atoms. The molecule has 0 bridgehead atoms. The fourth-order valence-electron chi connectivity index (χ4n) is 3.40. The van der Waals surface area contributed by atoms with Gasteiger partial charge in [-0.3, -0.25) is 0 Å². The summed E-state index contributed by atoms with van der Waals surface area (Å²) in [5.74, 6) is 2.30. The van der Waals surface area contributed by atoms with E-state index in [0.717, 1.165) is 24.7 Å². The van der Waals surface area contributed by atoms with Gasteiger partial charge < -0.3 is 5.11 Å². The molecule has 88 valence electrons. The van der Waals surface area contributed by atoms with Gasteiger partial charge in [0.05, 0.1) is 5.60 Å². The minimum Gasteiger partial charge on any atom is -0.390 e. The molecule has 1 heteroatoms. The average molecular weight is 210 g/mol. The van der Waals surface area contributed by atoms with E-state index in [1.165, 1.54) is 38.5 Å². The fourth-order valence-corrected chi connectivity index (χ4v) is 3.40. The zero-order valence-electron chi connectivity index (χ0n) is 10.3. The second-order valence-corrected chi connectivity index (χ2v) is 6.17. The Kier molecular flexibility index (Phi) is 3.39. The summed E-state index contributed by atoms with van der Waals surface area (Å²) in [6.45, 7) is 4.66. The van der Waals surface area contributed by atoms with Crippen molar-refractivity contribution in [3.8, 4) is 0 Å². The van der Waals surface area contributed by atoms with Crippen LogP contribution < -0.4 is 0 Å². The van der Waals surface area contributed by atoms with Gasteiger partial charge in [0.1, 0.15) is 0 Å². The van der Waals surface area contributed by atoms with Crippen LogP contribution in [0.25, 0.3) is 0 Å². The molecule has 1 nitrogen and oxygen atoms in total. The Morgan fingerprint density at radius 3 is 2.27 bits per heavy atom. The van der Waals surface area contributed by atoms with Crippen molar-refractivity contribution < 1.29 is 5.11 Å². The predicted octanol–water partition coefficient (Wildman–Crippen LogP) is 3.75. The molecule has 2 atom stereocenters. The topological polar surface area (TPSA) is 20.2 Å². The van der Waals surface area contributed by atoms with Crippen LogP contribution in [-0.2, 0) is 0 Å². The highest BCUT2D eigenvalue weighted by atomic mass is 16.3. The van der Waals surface area contributed by atoms with Crippen LogP contribution >= 0.6 is 0 Å². The highest BCUT2D eigenvalue weighted by Gasteiger charge is 2.41. The maximum atomic E-state index is 10.7. The molecule has 1 N–H and O–H groups in total. The van der Waals surface area contributed by atoms with Crippen molar-refractivity contribution in [2.75, 3.05) is 0 Å². The lowest BCUT2D eigenvalue weighted by Crippen LogP contribution is -2.41. The lowest BCUT2D eigenvalue weighted by molar-refractivity contribution is -0.0626. The van der Waals surface area contributed by atoms with Crippen molar-refractivity contribution >= 4 is 0 Å². The molecule has 2 rings (SSSR count). The van der Waals surface area contributed by atoms with Gasteiger partial charge >= 0.3 is 0 Å². The third kappa shape index (κ3) is 2.38. The van der Waals surface area contributed by atoms with Crippen LogP contribution in [0.3, 0.4) is 0 Å². The molecule has 0 amide bonds. The Morgan fingerprint density at radius 1 is 1.00 bits per heavy atom. The highest BCUT2D eigenvalue weighted by Crippen LogP contribution is 2.45. The van der Waals surface area contributed by atoms with E-state index in [9.17, 15) is 5.11 Å². The summed E-state index contributed by atoms with van der Waals surface area (Å²) in [7, 11) is 0. The molecule has 0 saturated heterocycles. The van der Waals surface area contributed by atoms with Crippen molar-refractivity contribution in [1.82, 2.24) is 0 Å². The Balaban J connectivity index is 1.93. The second-order valence-electron chi connectivity index (χ2n) is 6.17. The van der Waals surface area contributed by atoms with Crippen molar-refractivity contribution in [2.45, 2.75) is 70.8 Å². The normalized spacial score (nSPS) is 38.8. The second kappa shape index (κ2) is 4.45. The van der Waals surface area contributed by atoms with E-state index in [1.807, 2.05) is 0 Å². The van der Waals surface area contributed by atoms with Crippen molar-refractivity contribution in [3.63, 3.8) is 0 Å². The summed E-state index contributed by atoms with van der Waals surface area (Å²) >= 11 is 0. The maximum absolute atomic E-state index is 10.7. The van der Waals surface area contributed by atoms with Crippen LogP contribution in [-0.4, -0.2) is 10.7 Å². The van der Waals surface area contributed by atoms with Gasteiger partial charge in [0.25, 0.3) is 0 Å². The first-order valence-electron chi connectivity index (χ1n) is 6.84. The van der Waals surface area contributed by atoms with Gasteiger partial charge in [0, 0.05) is 0 Å². The molecular weight excluding hydrogens is 184 g/mol. The molecule has 0 aromatic rings. The summed E-state index contributed by atoms with van der Waals surface area (Å²) in [6.07, 6.45) is 9.89. The van der Waals surface area contributed by atoms with E-state index < -0.39 is 0 Å². The van der Waals surface area contributed by atoms with Crippen LogP contribution in [0.4, 0.5) is 0 Å². The average Bonchev–Trinajstić information content (AvgIpc) is 2.24. The van der Waals surface area contributed by atoms with Gasteiger partial charge in [-0.15, -0.1) is 0 Å². The molecule has 0 aromatic heterocycles. The Labute approximate surface area is 94.3 Å². The van der Waals surface area contributed by atoms with E-state index in [-0.39, 0.29) is 5.60 Å². The Morgan fingerprint density at radius 2 is 1.73 bits per heavy atom. The smallest absolute Gasteiger partial charge is 0.0675 e. The van der Waals surface area contributed by atoms with Gasteiger partial charge in [-0.2, -0.15) is 0 Å². The standard InChI is InChI=1S/C14H26O/c1-11(2)12-5-4-9-14(15,10-8-12)13-6-3-7-13/h11-13,15H,3-10H2,1-2H3. The summed E-state index contributed by atoms with van der Waals surface area (Å²) in [5, 5.41) is 10.7. The highest BCUT2D eigenvalue weighted by molar-refractivity contribution is 4.93. The van der Waals surface area contributed by atoms with Crippen LogP contribution in [0.2, 0.25) is 0 Å². The molecule has 2 saturated carbocycles. The van der Waals surface area contributed by atoms with Crippen molar-refractivity contribution in [1.29, 1.82) is 0 Å². The van der Waals surface area contributed by atoms with E-state index >= 15 is 0 Å². The Bertz CT molecular complexity index is 207. The monoisotopic (exact) mass is 210 g/mol. The van der Waals surface area contributed by atoms with Crippen LogP contribution in [0, 0.1) is 17.8 Å². The van der Waals surface area contributed by atoms with Crippen LogP contribution in [0.15, 0.2) is 0 Å². The van der Waals surface area contributed by atoms with E-state index in [0.29, 0.717) is 5.92 Å². The third-order valence-corrected chi connectivity index (χ3v) is 4.94. The van der Waals surface area contributed by atoms with E-state index in [1.54, 1.807) is 0 Å². The van der Waals surface area contributed by atoms with Gasteiger partial charge in [-0.1, -0.05) is 33.1 Å². The molecule has 0 aromatic carbocycles. The van der Waals surface area contributed by atoms with Gasteiger partial charge in [-0.05, 0) is 49.9 Å². The summed E-state index contributed by atoms with van der Waals surface area (Å²) in [5.41, 5.74) is -0.276. The van der Waals surface area contributed by atoms with E-state index in [2.05, 4.69) is 13.8 Å². The number of aliphatic hydroxyl groups is 1. The van der Waals surface area contributed by atoms with Gasteiger partial charge in [-0.25, -0.2) is 0 Å². The number of hydrogen-bond acceptors (Lipinski definition) is 1. The zero-order valence-corrected chi connectivity index (χ0v) is 10.3. The summed E-state index contributed by atoms with van der Waals surface area (Å²) in [4.78, 5) is 0. The SMILES string of the molecule is CC(C)C1CCCC(O)(C2CCC2)CC1. The quantitative estimate of drug-likeness (QED) is 0.688. The lowest BCUT2D eigenvalue weighted by atomic mass is 9.69. The van der Waals surface area contributed by atoms with Gasteiger partial charge in [0.15, 0.2) is 0 Å². The van der Waals surface area contributed by atoms with Crippen molar-refractivity contribution in [3.05, 3.63) is 0 Å². The summed E-state index contributed by atoms with van der Waals surface area (Å²) in [6, 6.07) is 0. The molecule has 2 aliphatic carbocycles. The molecule has 2 aliphatic rings.